The van der Waals surface area contributed by atoms with Crippen LogP contribution in [0.2, 0.25) is 0 Å². The molecule has 0 aromatic heterocycles. The van der Waals surface area contributed by atoms with E-state index in [9.17, 15) is 0 Å². The van der Waals surface area contributed by atoms with E-state index in [1.54, 1.807) is 6.26 Å². The van der Waals surface area contributed by atoms with Crippen molar-refractivity contribution in [3.8, 4) is 0 Å². The molecule has 0 aliphatic carbocycles. The third-order valence-electron chi connectivity index (χ3n) is 1.92. The van der Waals surface area contributed by atoms with E-state index in [1.165, 1.54) is 0 Å². The number of allylic oxidation sites excluding steroid dienone is 1. The summed E-state index contributed by atoms with van der Waals surface area (Å²) in [4.78, 5) is 0. The summed E-state index contributed by atoms with van der Waals surface area (Å²) in [5.41, 5.74) is -0.0283. The molecule has 0 radical (unpaired) electrons. The van der Waals surface area contributed by atoms with Crippen molar-refractivity contribution in [1.82, 2.24) is 0 Å². The molecule has 2 nitrogen and oxygen atoms in total. The predicted octanol–water partition coefficient (Wildman–Crippen LogP) is 2.11. The molecule has 1 aliphatic rings. The second-order valence-electron chi connectivity index (χ2n) is 3.18. The summed E-state index contributed by atoms with van der Waals surface area (Å²) in [6, 6.07) is 0. The van der Waals surface area contributed by atoms with Gasteiger partial charge in [0.05, 0.1) is 11.9 Å². The van der Waals surface area contributed by atoms with Crippen molar-refractivity contribution < 1.29 is 9.47 Å². The van der Waals surface area contributed by atoms with Crippen molar-refractivity contribution in [2.45, 2.75) is 32.3 Å². The summed E-state index contributed by atoms with van der Waals surface area (Å²) in [6.45, 7) is 5.61. The Morgan fingerprint density at radius 2 is 2.45 bits per heavy atom. The van der Waals surface area contributed by atoms with Crippen LogP contribution in [0.15, 0.2) is 12.3 Å². The molecular weight excluding hydrogens is 140 g/mol. The van der Waals surface area contributed by atoms with Crippen LogP contribution in [0.4, 0.5) is 0 Å². The first-order valence-electron chi connectivity index (χ1n) is 4.13. The van der Waals surface area contributed by atoms with Gasteiger partial charge in [-0.15, -0.1) is 0 Å². The fourth-order valence-corrected chi connectivity index (χ4v) is 1.27. The minimum absolute atomic E-state index is 0.0283. The highest BCUT2D eigenvalue weighted by molar-refractivity contribution is 4.81. The van der Waals surface area contributed by atoms with E-state index in [1.807, 2.05) is 13.0 Å². The highest BCUT2D eigenvalue weighted by Gasteiger charge is 2.29. The smallest absolute Gasteiger partial charge is 0.116 e. The van der Waals surface area contributed by atoms with E-state index in [0.717, 1.165) is 19.4 Å². The quantitative estimate of drug-likeness (QED) is 0.582. The summed E-state index contributed by atoms with van der Waals surface area (Å²) in [6.07, 6.45) is 5.88. The second kappa shape index (κ2) is 3.77. The monoisotopic (exact) mass is 156 g/mol. The summed E-state index contributed by atoms with van der Waals surface area (Å²) in [5, 5.41) is 0. The first-order chi connectivity index (χ1) is 5.27. The number of hydrogen-bond acceptors (Lipinski definition) is 2. The molecule has 0 aromatic carbocycles. The van der Waals surface area contributed by atoms with Gasteiger partial charge < -0.3 is 9.47 Å². The van der Waals surface area contributed by atoms with E-state index >= 15 is 0 Å². The molecule has 1 saturated heterocycles. The van der Waals surface area contributed by atoms with E-state index in [-0.39, 0.29) is 5.60 Å². The van der Waals surface area contributed by atoms with Crippen molar-refractivity contribution >= 4 is 0 Å². The summed E-state index contributed by atoms with van der Waals surface area (Å²) >= 11 is 0. The lowest BCUT2D eigenvalue weighted by atomic mass is 10.1. The van der Waals surface area contributed by atoms with Gasteiger partial charge in [-0.2, -0.15) is 0 Å². The molecule has 0 spiro atoms. The SMILES string of the molecule is C/C=C/OCC1(C)CCCO1. The van der Waals surface area contributed by atoms with Crippen LogP contribution in [-0.4, -0.2) is 18.8 Å². The molecule has 1 atom stereocenters. The average Bonchev–Trinajstić information content (AvgIpc) is 2.38. The Hall–Kier alpha value is -0.500. The molecule has 1 fully saturated rings. The minimum Gasteiger partial charge on any atom is -0.499 e. The van der Waals surface area contributed by atoms with Crippen LogP contribution in [0.25, 0.3) is 0 Å². The molecule has 1 heterocycles. The van der Waals surface area contributed by atoms with Crippen LogP contribution in [0.3, 0.4) is 0 Å². The Morgan fingerprint density at radius 3 is 3.00 bits per heavy atom. The molecule has 11 heavy (non-hydrogen) atoms. The Labute approximate surface area is 68.2 Å². The largest absolute Gasteiger partial charge is 0.499 e. The van der Waals surface area contributed by atoms with Crippen LogP contribution >= 0.6 is 0 Å². The molecule has 1 rings (SSSR count). The summed E-state index contributed by atoms with van der Waals surface area (Å²) < 4.78 is 10.8. The molecule has 0 aromatic rings. The molecule has 64 valence electrons. The van der Waals surface area contributed by atoms with E-state index in [2.05, 4.69) is 6.92 Å². The van der Waals surface area contributed by atoms with Crippen LogP contribution in [0.5, 0.6) is 0 Å². The van der Waals surface area contributed by atoms with Crippen LogP contribution in [0.1, 0.15) is 26.7 Å². The minimum atomic E-state index is -0.0283. The lowest BCUT2D eigenvalue weighted by Crippen LogP contribution is -2.28. The van der Waals surface area contributed by atoms with Crippen molar-refractivity contribution in [2.24, 2.45) is 0 Å². The topological polar surface area (TPSA) is 18.5 Å². The lowest BCUT2D eigenvalue weighted by Gasteiger charge is -2.21. The standard InChI is InChI=1S/C9H16O2/c1-3-6-10-8-9(2)5-4-7-11-9/h3,6H,4-5,7-8H2,1-2H3/b6-3+. The van der Waals surface area contributed by atoms with E-state index in [4.69, 9.17) is 9.47 Å². The number of ether oxygens (including phenoxy) is 2. The highest BCUT2D eigenvalue weighted by atomic mass is 16.5. The van der Waals surface area contributed by atoms with Gasteiger partial charge in [-0.3, -0.25) is 0 Å². The number of hydrogen-bond donors (Lipinski definition) is 0. The Morgan fingerprint density at radius 1 is 1.64 bits per heavy atom. The second-order valence-corrected chi connectivity index (χ2v) is 3.18. The maximum absolute atomic E-state index is 5.53. The van der Waals surface area contributed by atoms with Crippen molar-refractivity contribution in [1.29, 1.82) is 0 Å². The van der Waals surface area contributed by atoms with Gasteiger partial charge in [-0.25, -0.2) is 0 Å². The Bertz CT molecular complexity index is 134. The van der Waals surface area contributed by atoms with Crippen molar-refractivity contribution in [2.75, 3.05) is 13.2 Å². The van der Waals surface area contributed by atoms with E-state index in [0.29, 0.717) is 6.61 Å². The molecule has 0 saturated carbocycles. The van der Waals surface area contributed by atoms with Gasteiger partial charge in [-0.1, -0.05) is 6.08 Å². The third-order valence-corrected chi connectivity index (χ3v) is 1.92. The molecule has 0 N–H and O–H groups in total. The zero-order chi connectivity index (χ0) is 8.16. The van der Waals surface area contributed by atoms with Crippen molar-refractivity contribution in [3.63, 3.8) is 0 Å². The van der Waals surface area contributed by atoms with Crippen molar-refractivity contribution in [3.05, 3.63) is 12.3 Å². The highest BCUT2D eigenvalue weighted by Crippen LogP contribution is 2.24. The van der Waals surface area contributed by atoms with Gasteiger partial charge in [0, 0.05) is 6.61 Å². The van der Waals surface area contributed by atoms with Gasteiger partial charge in [0.1, 0.15) is 6.61 Å². The number of rotatable bonds is 3. The van der Waals surface area contributed by atoms with Crippen LogP contribution in [-0.2, 0) is 9.47 Å². The molecule has 0 bridgehead atoms. The fraction of sp³-hybridized carbons (Fsp3) is 0.778. The average molecular weight is 156 g/mol. The normalized spacial score (nSPS) is 31.5. The summed E-state index contributed by atoms with van der Waals surface area (Å²) in [5.74, 6) is 0. The van der Waals surface area contributed by atoms with Gasteiger partial charge in [0.2, 0.25) is 0 Å². The lowest BCUT2D eigenvalue weighted by molar-refractivity contribution is -0.0281. The Kier molecular flexibility index (Phi) is 2.94. The maximum atomic E-state index is 5.53. The first-order valence-corrected chi connectivity index (χ1v) is 4.13. The first kappa shape index (κ1) is 8.60. The van der Waals surface area contributed by atoms with Crippen LogP contribution in [0, 0.1) is 0 Å². The zero-order valence-corrected chi connectivity index (χ0v) is 7.30. The van der Waals surface area contributed by atoms with Gasteiger partial charge in [-0.05, 0) is 26.7 Å². The van der Waals surface area contributed by atoms with Gasteiger partial charge in [0.15, 0.2) is 0 Å². The Balaban J connectivity index is 2.23. The maximum Gasteiger partial charge on any atom is 0.116 e. The van der Waals surface area contributed by atoms with E-state index < -0.39 is 0 Å². The van der Waals surface area contributed by atoms with Gasteiger partial charge in [0.25, 0.3) is 0 Å². The van der Waals surface area contributed by atoms with Gasteiger partial charge >= 0.3 is 0 Å². The molecule has 0 amide bonds. The molecule has 1 aliphatic heterocycles. The zero-order valence-electron chi connectivity index (χ0n) is 7.30. The predicted molar refractivity (Wildman–Crippen MR) is 44.4 cm³/mol. The van der Waals surface area contributed by atoms with Crippen LogP contribution < -0.4 is 0 Å². The molecular formula is C9H16O2. The fourth-order valence-electron chi connectivity index (χ4n) is 1.27. The molecule has 1 unspecified atom stereocenters. The third kappa shape index (κ3) is 2.54. The molecule has 2 heteroatoms. The summed E-state index contributed by atoms with van der Waals surface area (Å²) in [7, 11) is 0.